The molecule has 132 valence electrons. The zero-order valence-electron chi connectivity index (χ0n) is 13.8. The average Bonchev–Trinajstić information content (AvgIpc) is 2.48. The Labute approximate surface area is 137 Å². The van der Waals surface area contributed by atoms with Gasteiger partial charge in [-0.3, -0.25) is 19.1 Å². The number of hydrogen-bond donors (Lipinski definition) is 3. The number of carbonyl (C=O) groups excluding carboxylic acids is 1. The standard InChI is InChI=1S/C15H21N3O6/c1-4-24-9-7-15(12(21)22,14(9,2)3)17-11(20)8-18-6-5-10(19)16-13(18)23/h5-6,9H,4,7-8H2,1-3H3,(H,17,20)(H,21,22)(H,16,19,23). The fourth-order valence-electron chi connectivity index (χ4n) is 3.04. The number of nitrogens with zero attached hydrogens (tertiary/aromatic N) is 1. The molecule has 1 aromatic rings. The Bertz CT molecular complexity index is 765. The fraction of sp³-hybridized carbons (Fsp3) is 0.600. The first-order valence-corrected chi connectivity index (χ1v) is 7.60. The number of amides is 1. The third kappa shape index (κ3) is 2.86. The van der Waals surface area contributed by atoms with Crippen LogP contribution in [0.15, 0.2) is 21.9 Å². The summed E-state index contributed by atoms with van der Waals surface area (Å²) in [7, 11) is 0. The maximum Gasteiger partial charge on any atom is 0.330 e. The fourth-order valence-corrected chi connectivity index (χ4v) is 3.04. The van der Waals surface area contributed by atoms with E-state index in [9.17, 15) is 24.3 Å². The third-order valence-electron chi connectivity index (χ3n) is 4.69. The van der Waals surface area contributed by atoms with E-state index in [1.54, 1.807) is 13.8 Å². The van der Waals surface area contributed by atoms with E-state index in [4.69, 9.17) is 4.74 Å². The Kier molecular flexibility index (Phi) is 4.66. The van der Waals surface area contributed by atoms with Gasteiger partial charge in [-0.2, -0.15) is 0 Å². The number of hydrogen-bond acceptors (Lipinski definition) is 5. The van der Waals surface area contributed by atoms with Gasteiger partial charge < -0.3 is 15.2 Å². The van der Waals surface area contributed by atoms with Gasteiger partial charge in [0.1, 0.15) is 12.1 Å². The second-order valence-electron chi connectivity index (χ2n) is 6.37. The van der Waals surface area contributed by atoms with Crippen molar-refractivity contribution in [1.82, 2.24) is 14.9 Å². The number of carboxylic acids is 1. The van der Waals surface area contributed by atoms with Crippen molar-refractivity contribution in [2.75, 3.05) is 6.61 Å². The molecule has 0 aliphatic heterocycles. The van der Waals surface area contributed by atoms with Gasteiger partial charge in [-0.25, -0.2) is 9.59 Å². The number of aromatic amines is 1. The summed E-state index contributed by atoms with van der Waals surface area (Å²) in [6.07, 6.45) is 1.05. The van der Waals surface area contributed by atoms with Crippen LogP contribution in [0.2, 0.25) is 0 Å². The van der Waals surface area contributed by atoms with Crippen LogP contribution >= 0.6 is 0 Å². The van der Waals surface area contributed by atoms with Crippen LogP contribution in [0.3, 0.4) is 0 Å². The molecule has 1 aromatic heterocycles. The summed E-state index contributed by atoms with van der Waals surface area (Å²) in [6, 6.07) is 1.11. The summed E-state index contributed by atoms with van der Waals surface area (Å²) in [5.74, 6) is -1.78. The number of rotatable bonds is 6. The van der Waals surface area contributed by atoms with Crippen LogP contribution in [0.1, 0.15) is 27.2 Å². The third-order valence-corrected chi connectivity index (χ3v) is 4.69. The van der Waals surface area contributed by atoms with Crippen LogP contribution in [-0.2, 0) is 20.9 Å². The number of carbonyl (C=O) groups is 2. The molecule has 9 heteroatoms. The quantitative estimate of drug-likeness (QED) is 0.629. The van der Waals surface area contributed by atoms with E-state index in [-0.39, 0.29) is 19.1 Å². The lowest BCUT2D eigenvalue weighted by atomic mass is 9.54. The Balaban J connectivity index is 2.17. The van der Waals surface area contributed by atoms with Crippen LogP contribution < -0.4 is 16.6 Å². The van der Waals surface area contributed by atoms with E-state index in [1.807, 2.05) is 11.9 Å². The molecule has 1 aliphatic rings. The lowest BCUT2D eigenvalue weighted by molar-refractivity contribution is -0.194. The van der Waals surface area contributed by atoms with E-state index < -0.39 is 34.1 Å². The zero-order chi connectivity index (χ0) is 18.1. The van der Waals surface area contributed by atoms with Crippen LogP contribution in [0.25, 0.3) is 0 Å². The number of H-pyrrole nitrogens is 1. The number of carboxylic acid groups (broad SMARTS) is 1. The predicted octanol–water partition coefficient (Wildman–Crippen LogP) is -0.689. The highest BCUT2D eigenvalue weighted by Gasteiger charge is 2.66. The van der Waals surface area contributed by atoms with Gasteiger partial charge in [0.05, 0.1) is 6.10 Å². The molecule has 0 bridgehead atoms. The minimum absolute atomic E-state index is 0.148. The summed E-state index contributed by atoms with van der Waals surface area (Å²) in [6.45, 7) is 5.32. The highest BCUT2D eigenvalue weighted by atomic mass is 16.5. The molecule has 1 saturated carbocycles. The lowest BCUT2D eigenvalue weighted by Gasteiger charge is -2.58. The van der Waals surface area contributed by atoms with Crippen LogP contribution in [-0.4, -0.2) is 44.8 Å². The highest BCUT2D eigenvalue weighted by Crippen LogP contribution is 2.51. The van der Waals surface area contributed by atoms with Crippen LogP contribution in [0.5, 0.6) is 0 Å². The van der Waals surface area contributed by atoms with Crippen molar-refractivity contribution >= 4 is 11.9 Å². The maximum atomic E-state index is 12.2. The van der Waals surface area contributed by atoms with Crippen molar-refractivity contribution in [3.63, 3.8) is 0 Å². The summed E-state index contributed by atoms with van der Waals surface area (Å²) in [5, 5.41) is 12.2. The molecule has 2 atom stereocenters. The second kappa shape index (κ2) is 6.23. The van der Waals surface area contributed by atoms with Crippen molar-refractivity contribution in [2.45, 2.75) is 45.4 Å². The van der Waals surface area contributed by atoms with Gasteiger partial charge in [-0.1, -0.05) is 13.8 Å². The zero-order valence-corrected chi connectivity index (χ0v) is 13.8. The van der Waals surface area contributed by atoms with Crippen LogP contribution in [0, 0.1) is 5.41 Å². The molecule has 2 unspecified atom stereocenters. The molecular weight excluding hydrogens is 318 g/mol. The maximum absolute atomic E-state index is 12.2. The first-order chi connectivity index (χ1) is 11.1. The summed E-state index contributed by atoms with van der Waals surface area (Å²) in [5.41, 5.74) is -3.57. The first-order valence-electron chi connectivity index (χ1n) is 7.60. The number of ether oxygens (including phenoxy) is 1. The van der Waals surface area contributed by atoms with E-state index in [0.29, 0.717) is 6.61 Å². The molecule has 0 saturated heterocycles. The van der Waals surface area contributed by atoms with Crippen LogP contribution in [0.4, 0.5) is 0 Å². The van der Waals surface area contributed by atoms with Crippen molar-refractivity contribution in [3.8, 4) is 0 Å². The Morgan fingerprint density at radius 3 is 2.62 bits per heavy atom. The van der Waals surface area contributed by atoms with E-state index >= 15 is 0 Å². The molecule has 1 heterocycles. The molecule has 24 heavy (non-hydrogen) atoms. The molecular formula is C15H21N3O6. The minimum Gasteiger partial charge on any atom is -0.479 e. The van der Waals surface area contributed by atoms with Gasteiger partial charge >= 0.3 is 11.7 Å². The Hall–Kier alpha value is -2.42. The Morgan fingerprint density at radius 1 is 1.46 bits per heavy atom. The highest BCUT2D eigenvalue weighted by molar-refractivity contribution is 5.89. The molecule has 0 aromatic carbocycles. The predicted molar refractivity (Wildman–Crippen MR) is 83.6 cm³/mol. The van der Waals surface area contributed by atoms with Crippen molar-refractivity contribution in [2.24, 2.45) is 5.41 Å². The molecule has 3 N–H and O–H groups in total. The van der Waals surface area contributed by atoms with Gasteiger partial charge in [0.25, 0.3) is 5.56 Å². The average molecular weight is 339 g/mol. The lowest BCUT2D eigenvalue weighted by Crippen LogP contribution is -2.76. The number of nitrogens with one attached hydrogen (secondary N) is 2. The molecule has 0 radical (unpaired) electrons. The van der Waals surface area contributed by atoms with Crippen molar-refractivity contribution < 1.29 is 19.4 Å². The largest absolute Gasteiger partial charge is 0.479 e. The topological polar surface area (TPSA) is 130 Å². The monoisotopic (exact) mass is 339 g/mol. The molecule has 0 spiro atoms. The van der Waals surface area contributed by atoms with Gasteiger partial charge in [0.2, 0.25) is 5.91 Å². The minimum atomic E-state index is -1.46. The molecule has 2 rings (SSSR count). The van der Waals surface area contributed by atoms with Gasteiger partial charge in [-0.15, -0.1) is 0 Å². The Morgan fingerprint density at radius 2 is 2.12 bits per heavy atom. The van der Waals surface area contributed by atoms with E-state index in [2.05, 4.69) is 5.32 Å². The molecule has 9 nitrogen and oxygen atoms in total. The SMILES string of the molecule is CCOC1CC(NC(=O)Cn2ccc(=O)[nH]c2=O)(C(=O)O)C1(C)C. The normalized spacial score (nSPS) is 24.9. The van der Waals surface area contributed by atoms with Crippen molar-refractivity contribution in [1.29, 1.82) is 0 Å². The number of aliphatic carboxylic acids is 1. The van der Waals surface area contributed by atoms with Crippen molar-refractivity contribution in [3.05, 3.63) is 33.1 Å². The molecule has 1 aliphatic carbocycles. The first kappa shape index (κ1) is 17.9. The molecule has 1 amide bonds. The summed E-state index contributed by atoms with van der Waals surface area (Å²) < 4.78 is 6.52. The van der Waals surface area contributed by atoms with Gasteiger partial charge in [0, 0.05) is 30.7 Å². The summed E-state index contributed by atoms with van der Waals surface area (Å²) in [4.78, 5) is 48.7. The second-order valence-corrected chi connectivity index (χ2v) is 6.37. The summed E-state index contributed by atoms with van der Waals surface area (Å²) >= 11 is 0. The number of aromatic nitrogens is 2. The van der Waals surface area contributed by atoms with Gasteiger partial charge in [-0.05, 0) is 6.92 Å². The van der Waals surface area contributed by atoms with Gasteiger partial charge in [0.15, 0.2) is 0 Å². The molecule has 1 fully saturated rings. The van der Waals surface area contributed by atoms with E-state index in [1.165, 1.54) is 6.20 Å². The smallest absolute Gasteiger partial charge is 0.330 e. The van der Waals surface area contributed by atoms with E-state index in [0.717, 1.165) is 10.6 Å².